The van der Waals surface area contributed by atoms with Gasteiger partial charge in [-0.3, -0.25) is 0 Å². The summed E-state index contributed by atoms with van der Waals surface area (Å²) in [6, 6.07) is 11.0. The van der Waals surface area contributed by atoms with Crippen LogP contribution in [0.15, 0.2) is 24.3 Å². The molecule has 1 unspecified atom stereocenters. The molecule has 0 amide bonds. The van der Waals surface area contributed by atoms with Crippen LogP contribution in [-0.4, -0.2) is 19.7 Å². The van der Waals surface area contributed by atoms with Crippen LogP contribution in [0, 0.1) is 6.07 Å². The molecule has 1 radical (unpaired) electrons. The van der Waals surface area contributed by atoms with Gasteiger partial charge in [-0.15, -0.1) is 0 Å². The minimum Gasteiger partial charge on any atom is -0.371 e. The highest BCUT2D eigenvalue weighted by Crippen LogP contribution is 2.17. The SMILES string of the molecule is [c]1ccc(C2CNCCO2)cc1. The van der Waals surface area contributed by atoms with Gasteiger partial charge in [0.2, 0.25) is 0 Å². The Kier molecular flexibility index (Phi) is 2.39. The first kappa shape index (κ1) is 7.77. The van der Waals surface area contributed by atoms with Crippen molar-refractivity contribution in [1.82, 2.24) is 5.32 Å². The summed E-state index contributed by atoms with van der Waals surface area (Å²) >= 11 is 0. The number of benzene rings is 1. The third kappa shape index (κ3) is 1.65. The first-order valence-electron chi connectivity index (χ1n) is 4.25. The molecule has 0 aliphatic carbocycles. The maximum atomic E-state index is 5.59. The largest absolute Gasteiger partial charge is 0.371 e. The van der Waals surface area contributed by atoms with E-state index < -0.39 is 0 Å². The second-order valence-corrected chi connectivity index (χ2v) is 2.90. The lowest BCUT2D eigenvalue weighted by molar-refractivity contribution is 0.0277. The average Bonchev–Trinajstić information content (AvgIpc) is 2.21. The molecule has 0 bridgehead atoms. The van der Waals surface area contributed by atoms with E-state index in [1.54, 1.807) is 0 Å². The zero-order chi connectivity index (χ0) is 8.23. The first-order chi connectivity index (χ1) is 5.97. The Labute approximate surface area is 72.5 Å². The van der Waals surface area contributed by atoms with E-state index in [0.29, 0.717) is 0 Å². The lowest BCUT2D eigenvalue weighted by Gasteiger charge is -2.23. The van der Waals surface area contributed by atoms with Crippen molar-refractivity contribution in [1.29, 1.82) is 0 Å². The van der Waals surface area contributed by atoms with E-state index in [2.05, 4.69) is 23.5 Å². The quantitative estimate of drug-likeness (QED) is 0.668. The van der Waals surface area contributed by atoms with Crippen molar-refractivity contribution in [2.75, 3.05) is 19.7 Å². The monoisotopic (exact) mass is 162 g/mol. The minimum atomic E-state index is 0.230. The van der Waals surface area contributed by atoms with Crippen LogP contribution in [0.2, 0.25) is 0 Å². The van der Waals surface area contributed by atoms with Crippen LogP contribution in [0.1, 0.15) is 11.7 Å². The summed E-state index contributed by atoms with van der Waals surface area (Å²) in [5.41, 5.74) is 1.24. The van der Waals surface area contributed by atoms with Crippen LogP contribution in [0.5, 0.6) is 0 Å². The molecule has 2 heteroatoms. The normalized spacial score (nSPS) is 23.8. The van der Waals surface area contributed by atoms with Gasteiger partial charge in [0.05, 0.1) is 12.7 Å². The first-order valence-corrected chi connectivity index (χ1v) is 4.25. The number of hydrogen-bond donors (Lipinski definition) is 1. The van der Waals surface area contributed by atoms with Gasteiger partial charge in [-0.2, -0.15) is 0 Å². The van der Waals surface area contributed by atoms with Crippen LogP contribution in [-0.2, 0) is 4.74 Å². The third-order valence-corrected chi connectivity index (χ3v) is 2.04. The summed E-state index contributed by atoms with van der Waals surface area (Å²) in [4.78, 5) is 0. The Hall–Kier alpha value is -0.860. The minimum absolute atomic E-state index is 0.230. The molecule has 63 valence electrons. The summed E-state index contributed by atoms with van der Waals surface area (Å²) in [6.07, 6.45) is 0.230. The molecule has 1 saturated heterocycles. The molecule has 1 aromatic carbocycles. The maximum Gasteiger partial charge on any atom is 0.0949 e. The molecule has 1 aromatic rings. The molecule has 1 aliphatic rings. The number of hydrogen-bond acceptors (Lipinski definition) is 2. The number of nitrogens with one attached hydrogen (secondary N) is 1. The molecular formula is C10H12NO. The molecule has 0 saturated carbocycles. The molecule has 1 N–H and O–H groups in total. The average molecular weight is 162 g/mol. The zero-order valence-corrected chi connectivity index (χ0v) is 6.92. The van der Waals surface area contributed by atoms with Gasteiger partial charge in [0.15, 0.2) is 0 Å². The molecule has 1 fully saturated rings. The molecule has 1 aliphatic heterocycles. The molecule has 0 spiro atoms. The van der Waals surface area contributed by atoms with Gasteiger partial charge >= 0.3 is 0 Å². The van der Waals surface area contributed by atoms with Crippen LogP contribution in [0.25, 0.3) is 0 Å². The fourth-order valence-electron chi connectivity index (χ4n) is 1.39. The van der Waals surface area contributed by atoms with Crippen LogP contribution in [0.3, 0.4) is 0 Å². The van der Waals surface area contributed by atoms with Gasteiger partial charge in [-0.25, -0.2) is 0 Å². The topological polar surface area (TPSA) is 21.3 Å². The predicted octanol–water partition coefficient (Wildman–Crippen LogP) is 1.15. The standard InChI is InChI=1S/C10H12NO/c1-2-4-9(5-3-1)10-8-11-6-7-12-10/h2-5,10-11H,6-8H2. The van der Waals surface area contributed by atoms with E-state index in [9.17, 15) is 0 Å². The van der Waals surface area contributed by atoms with Gasteiger partial charge < -0.3 is 10.1 Å². The summed E-state index contributed by atoms with van der Waals surface area (Å²) in [7, 11) is 0. The van der Waals surface area contributed by atoms with Gasteiger partial charge in [0.25, 0.3) is 0 Å². The summed E-state index contributed by atoms with van der Waals surface area (Å²) in [5.74, 6) is 0. The van der Waals surface area contributed by atoms with Crippen molar-refractivity contribution in [2.24, 2.45) is 0 Å². The second kappa shape index (κ2) is 3.70. The van der Waals surface area contributed by atoms with Crippen molar-refractivity contribution in [2.45, 2.75) is 6.10 Å². The maximum absolute atomic E-state index is 5.59. The van der Waals surface area contributed by atoms with Crippen LogP contribution >= 0.6 is 0 Å². The van der Waals surface area contributed by atoms with Crippen molar-refractivity contribution in [3.8, 4) is 0 Å². The fourth-order valence-corrected chi connectivity index (χ4v) is 1.39. The fraction of sp³-hybridized carbons (Fsp3) is 0.400. The van der Waals surface area contributed by atoms with Crippen molar-refractivity contribution in [3.63, 3.8) is 0 Å². The Morgan fingerprint density at radius 3 is 2.92 bits per heavy atom. The molecule has 2 rings (SSSR count). The van der Waals surface area contributed by atoms with Gasteiger partial charge in [-0.05, 0) is 11.6 Å². The van der Waals surface area contributed by atoms with E-state index in [1.165, 1.54) is 5.56 Å². The van der Waals surface area contributed by atoms with Gasteiger partial charge in [-0.1, -0.05) is 24.3 Å². The highest BCUT2D eigenvalue weighted by Gasteiger charge is 2.14. The van der Waals surface area contributed by atoms with E-state index in [-0.39, 0.29) is 6.10 Å². The number of ether oxygens (including phenoxy) is 1. The number of morpholine rings is 1. The molecule has 1 heterocycles. The summed E-state index contributed by atoms with van der Waals surface area (Å²) < 4.78 is 5.59. The lowest BCUT2D eigenvalue weighted by atomic mass is 10.1. The van der Waals surface area contributed by atoms with E-state index in [4.69, 9.17) is 4.74 Å². The van der Waals surface area contributed by atoms with Gasteiger partial charge in [0.1, 0.15) is 0 Å². The lowest BCUT2D eigenvalue weighted by Crippen LogP contribution is -2.33. The second-order valence-electron chi connectivity index (χ2n) is 2.90. The molecule has 1 atom stereocenters. The Bertz CT molecular complexity index is 229. The van der Waals surface area contributed by atoms with E-state index in [1.807, 2.05) is 12.1 Å². The summed E-state index contributed by atoms with van der Waals surface area (Å²) in [6.45, 7) is 2.70. The Morgan fingerprint density at radius 2 is 2.25 bits per heavy atom. The van der Waals surface area contributed by atoms with Crippen LogP contribution in [0.4, 0.5) is 0 Å². The van der Waals surface area contributed by atoms with Crippen molar-refractivity contribution < 1.29 is 4.74 Å². The van der Waals surface area contributed by atoms with Crippen molar-refractivity contribution >= 4 is 0 Å². The number of rotatable bonds is 1. The Morgan fingerprint density at radius 1 is 1.42 bits per heavy atom. The zero-order valence-electron chi connectivity index (χ0n) is 6.92. The summed E-state index contributed by atoms with van der Waals surface area (Å²) in [5, 5.41) is 3.30. The molecule has 2 nitrogen and oxygen atoms in total. The molecule has 12 heavy (non-hydrogen) atoms. The van der Waals surface area contributed by atoms with Gasteiger partial charge in [0, 0.05) is 13.1 Å². The molecular weight excluding hydrogens is 150 g/mol. The predicted molar refractivity (Wildman–Crippen MR) is 46.8 cm³/mol. The highest BCUT2D eigenvalue weighted by atomic mass is 16.5. The van der Waals surface area contributed by atoms with Crippen molar-refractivity contribution in [3.05, 3.63) is 35.9 Å². The molecule has 0 aromatic heterocycles. The van der Waals surface area contributed by atoms with E-state index in [0.717, 1.165) is 19.7 Å². The smallest absolute Gasteiger partial charge is 0.0949 e. The third-order valence-electron chi connectivity index (χ3n) is 2.04. The van der Waals surface area contributed by atoms with E-state index >= 15 is 0 Å². The Balaban J connectivity index is 2.08. The highest BCUT2D eigenvalue weighted by molar-refractivity contribution is 5.17. The van der Waals surface area contributed by atoms with Crippen LogP contribution < -0.4 is 5.32 Å².